The highest BCUT2D eigenvalue weighted by Crippen LogP contribution is 2.06. The first-order chi connectivity index (χ1) is 9.02. The topological polar surface area (TPSA) is 59.8 Å². The van der Waals surface area contributed by atoms with Crippen molar-refractivity contribution in [3.8, 4) is 18.0 Å². The third-order valence-electron chi connectivity index (χ3n) is 2.50. The summed E-state index contributed by atoms with van der Waals surface area (Å²) in [5, 5.41) is 10.9. The summed E-state index contributed by atoms with van der Waals surface area (Å²) in [6, 6.07) is 9.36. The van der Waals surface area contributed by atoms with Crippen LogP contribution in [0.5, 0.6) is 0 Å². The van der Waals surface area contributed by atoms with Crippen LogP contribution in [0.1, 0.15) is 24.3 Å². The Morgan fingerprint density at radius 3 is 2.68 bits per heavy atom. The minimum Gasteiger partial charge on any atom is -0.335 e. The Bertz CT molecular complexity index is 622. The fraction of sp³-hybridized carbons (Fsp3) is 0.214. The van der Waals surface area contributed by atoms with E-state index in [0.29, 0.717) is 0 Å². The molecule has 1 N–H and O–H groups in total. The lowest BCUT2D eigenvalue weighted by atomic mass is 10.1. The molecule has 2 aromatic rings. The molecule has 96 valence electrons. The van der Waals surface area contributed by atoms with Crippen molar-refractivity contribution >= 4 is 5.91 Å². The average molecular weight is 254 g/mol. The predicted octanol–water partition coefficient (Wildman–Crippen LogP) is 1.41. The number of benzene rings is 1. The Labute approximate surface area is 111 Å². The first-order valence-electron chi connectivity index (χ1n) is 5.80. The summed E-state index contributed by atoms with van der Waals surface area (Å²) in [7, 11) is 0. The lowest BCUT2D eigenvalue weighted by Crippen LogP contribution is -2.42. The number of hydrogen-bond donors (Lipinski definition) is 1. The van der Waals surface area contributed by atoms with Crippen LogP contribution >= 0.6 is 0 Å². The van der Waals surface area contributed by atoms with Crippen LogP contribution in [0.25, 0.3) is 5.69 Å². The summed E-state index contributed by atoms with van der Waals surface area (Å²) in [6.45, 7) is 3.49. The number of rotatable bonds is 3. The SMILES string of the molecule is C#CC(C)(C)NC(=O)c1cnn(-c2ccccc2)n1. The van der Waals surface area contributed by atoms with Gasteiger partial charge in [-0.3, -0.25) is 4.79 Å². The third kappa shape index (κ3) is 2.99. The van der Waals surface area contributed by atoms with E-state index in [1.54, 1.807) is 13.8 Å². The zero-order valence-corrected chi connectivity index (χ0v) is 10.8. The van der Waals surface area contributed by atoms with Gasteiger partial charge in [0, 0.05) is 0 Å². The fourth-order valence-electron chi connectivity index (χ4n) is 1.44. The van der Waals surface area contributed by atoms with Gasteiger partial charge >= 0.3 is 0 Å². The number of carbonyl (C=O) groups excluding carboxylic acids is 1. The molecule has 0 unspecified atom stereocenters. The van der Waals surface area contributed by atoms with Crippen molar-refractivity contribution in [2.45, 2.75) is 19.4 Å². The van der Waals surface area contributed by atoms with Gasteiger partial charge in [0.2, 0.25) is 0 Å². The van der Waals surface area contributed by atoms with Crippen molar-refractivity contribution in [1.82, 2.24) is 20.3 Å². The van der Waals surface area contributed by atoms with Crippen LogP contribution in [0.3, 0.4) is 0 Å². The van der Waals surface area contributed by atoms with Crippen LogP contribution in [-0.4, -0.2) is 26.4 Å². The van der Waals surface area contributed by atoms with Crippen LogP contribution in [0.4, 0.5) is 0 Å². The largest absolute Gasteiger partial charge is 0.335 e. The van der Waals surface area contributed by atoms with E-state index in [0.717, 1.165) is 5.69 Å². The van der Waals surface area contributed by atoms with Gasteiger partial charge in [-0.05, 0) is 26.0 Å². The molecule has 0 spiro atoms. The van der Waals surface area contributed by atoms with Crippen LogP contribution in [0.15, 0.2) is 36.5 Å². The molecular weight excluding hydrogens is 240 g/mol. The highest BCUT2D eigenvalue weighted by molar-refractivity contribution is 5.92. The lowest BCUT2D eigenvalue weighted by molar-refractivity contribution is 0.0924. The van der Waals surface area contributed by atoms with Crippen molar-refractivity contribution in [2.24, 2.45) is 0 Å². The molecule has 2 rings (SSSR count). The van der Waals surface area contributed by atoms with E-state index >= 15 is 0 Å². The van der Waals surface area contributed by atoms with Gasteiger partial charge in [-0.1, -0.05) is 24.1 Å². The van der Waals surface area contributed by atoms with Crippen molar-refractivity contribution in [3.63, 3.8) is 0 Å². The summed E-state index contributed by atoms with van der Waals surface area (Å²) in [4.78, 5) is 13.3. The number of nitrogens with zero attached hydrogens (tertiary/aromatic N) is 3. The molecule has 0 aliphatic rings. The Kier molecular flexibility index (Phi) is 3.34. The van der Waals surface area contributed by atoms with Crippen molar-refractivity contribution in [1.29, 1.82) is 0 Å². The standard InChI is InChI=1S/C14H14N4O/c1-4-14(2,3)16-13(19)12-10-15-18(17-12)11-8-6-5-7-9-11/h1,5-10H,2-3H3,(H,16,19). The smallest absolute Gasteiger partial charge is 0.274 e. The molecule has 0 radical (unpaired) electrons. The summed E-state index contributed by atoms with van der Waals surface area (Å²) < 4.78 is 0. The zero-order chi connectivity index (χ0) is 13.9. The highest BCUT2D eigenvalue weighted by Gasteiger charge is 2.20. The van der Waals surface area contributed by atoms with E-state index in [2.05, 4.69) is 21.4 Å². The number of aromatic nitrogens is 3. The molecule has 5 nitrogen and oxygen atoms in total. The molecule has 0 saturated heterocycles. The number of para-hydroxylation sites is 1. The average Bonchev–Trinajstić information content (AvgIpc) is 2.89. The van der Waals surface area contributed by atoms with E-state index in [4.69, 9.17) is 6.42 Å². The van der Waals surface area contributed by atoms with Gasteiger partial charge in [-0.25, -0.2) is 0 Å². The molecular formula is C14H14N4O. The number of nitrogens with one attached hydrogen (secondary N) is 1. The minimum absolute atomic E-state index is 0.229. The molecule has 0 atom stereocenters. The van der Waals surface area contributed by atoms with Crippen molar-refractivity contribution in [3.05, 3.63) is 42.2 Å². The number of terminal acetylenes is 1. The number of carbonyl (C=O) groups is 1. The molecule has 1 aromatic heterocycles. The lowest BCUT2D eigenvalue weighted by Gasteiger charge is -2.18. The summed E-state index contributed by atoms with van der Waals surface area (Å²) in [5.74, 6) is 2.15. The van der Waals surface area contributed by atoms with E-state index in [9.17, 15) is 4.79 Å². The highest BCUT2D eigenvalue weighted by atomic mass is 16.2. The maximum absolute atomic E-state index is 11.9. The van der Waals surface area contributed by atoms with Crippen molar-refractivity contribution < 1.29 is 4.79 Å². The second kappa shape index (κ2) is 4.94. The van der Waals surface area contributed by atoms with Crippen LogP contribution in [0, 0.1) is 12.3 Å². The maximum Gasteiger partial charge on any atom is 0.274 e. The Balaban J connectivity index is 2.19. The summed E-state index contributed by atoms with van der Waals surface area (Å²) >= 11 is 0. The number of hydrogen-bond acceptors (Lipinski definition) is 3. The molecule has 1 aromatic carbocycles. The van der Waals surface area contributed by atoms with Gasteiger partial charge < -0.3 is 5.32 Å². The molecule has 5 heteroatoms. The molecule has 1 heterocycles. The van der Waals surface area contributed by atoms with Gasteiger partial charge in [-0.2, -0.15) is 9.90 Å². The quantitative estimate of drug-likeness (QED) is 0.842. The van der Waals surface area contributed by atoms with Crippen molar-refractivity contribution in [2.75, 3.05) is 0 Å². The van der Waals surface area contributed by atoms with E-state index in [1.165, 1.54) is 11.0 Å². The molecule has 1 amide bonds. The van der Waals surface area contributed by atoms with Crippen LogP contribution in [-0.2, 0) is 0 Å². The maximum atomic E-state index is 11.9. The van der Waals surface area contributed by atoms with Gasteiger partial charge in [0.05, 0.1) is 17.4 Å². The van der Waals surface area contributed by atoms with Gasteiger partial charge in [0.25, 0.3) is 5.91 Å². The molecule has 0 aliphatic heterocycles. The monoisotopic (exact) mass is 254 g/mol. The summed E-state index contributed by atoms with van der Waals surface area (Å²) in [5.41, 5.74) is 0.304. The zero-order valence-electron chi connectivity index (χ0n) is 10.8. The molecule has 0 bridgehead atoms. The fourth-order valence-corrected chi connectivity index (χ4v) is 1.44. The first-order valence-corrected chi connectivity index (χ1v) is 5.80. The molecule has 0 fully saturated rings. The molecule has 0 saturated carbocycles. The van der Waals surface area contributed by atoms with E-state index < -0.39 is 5.54 Å². The number of amides is 1. The van der Waals surface area contributed by atoms with E-state index in [-0.39, 0.29) is 11.6 Å². The van der Waals surface area contributed by atoms with E-state index in [1.807, 2.05) is 30.3 Å². The van der Waals surface area contributed by atoms with Crippen LogP contribution < -0.4 is 5.32 Å². The Morgan fingerprint density at radius 2 is 2.05 bits per heavy atom. The Morgan fingerprint density at radius 1 is 1.37 bits per heavy atom. The third-order valence-corrected chi connectivity index (χ3v) is 2.50. The molecule has 0 aliphatic carbocycles. The Hall–Kier alpha value is -2.61. The first kappa shape index (κ1) is 12.8. The second-order valence-corrected chi connectivity index (χ2v) is 4.58. The minimum atomic E-state index is -0.715. The molecule has 19 heavy (non-hydrogen) atoms. The van der Waals surface area contributed by atoms with Gasteiger partial charge in [0.1, 0.15) is 0 Å². The predicted molar refractivity (Wildman–Crippen MR) is 71.7 cm³/mol. The van der Waals surface area contributed by atoms with Gasteiger partial charge in [0.15, 0.2) is 5.69 Å². The normalized spacial score (nSPS) is 10.8. The van der Waals surface area contributed by atoms with Crippen LogP contribution in [0.2, 0.25) is 0 Å². The second-order valence-electron chi connectivity index (χ2n) is 4.58. The van der Waals surface area contributed by atoms with Gasteiger partial charge in [-0.15, -0.1) is 11.5 Å². The summed E-state index contributed by atoms with van der Waals surface area (Å²) in [6.07, 6.45) is 6.73.